The fourth-order valence-corrected chi connectivity index (χ4v) is 4.05. The van der Waals surface area contributed by atoms with Gasteiger partial charge in [0.05, 0.1) is 11.1 Å². The van der Waals surface area contributed by atoms with Crippen LogP contribution in [-0.4, -0.2) is 11.1 Å². The van der Waals surface area contributed by atoms with Crippen LogP contribution in [0.5, 0.6) is 5.75 Å². The Balaban J connectivity index is 1.51. The van der Waals surface area contributed by atoms with Crippen LogP contribution in [0.3, 0.4) is 0 Å². The molecule has 0 amide bonds. The summed E-state index contributed by atoms with van der Waals surface area (Å²) in [5, 5.41) is 1.59. The van der Waals surface area contributed by atoms with E-state index >= 15 is 0 Å². The minimum atomic E-state index is -0.849. The van der Waals surface area contributed by atoms with Crippen LogP contribution in [0.4, 0.5) is 8.78 Å². The molecule has 0 saturated heterocycles. The van der Waals surface area contributed by atoms with Gasteiger partial charge in [-0.25, -0.2) is 8.78 Å². The number of fused-ring (bicyclic) bond motifs is 1. The van der Waals surface area contributed by atoms with E-state index in [0.29, 0.717) is 47.4 Å². The Bertz CT molecular complexity index is 1090. The molecule has 1 fully saturated rings. The maximum atomic E-state index is 14.2. The maximum absolute atomic E-state index is 14.2. The summed E-state index contributed by atoms with van der Waals surface area (Å²) in [7, 11) is 0. The van der Waals surface area contributed by atoms with E-state index in [2.05, 4.69) is 4.98 Å². The molecule has 0 aliphatic heterocycles. The highest BCUT2D eigenvalue weighted by atomic mass is 35.5. The van der Waals surface area contributed by atoms with Crippen molar-refractivity contribution in [3.8, 4) is 5.75 Å². The van der Waals surface area contributed by atoms with Crippen molar-refractivity contribution in [2.24, 2.45) is 5.73 Å². The van der Waals surface area contributed by atoms with Gasteiger partial charge in [0.25, 0.3) is 5.56 Å². The maximum Gasteiger partial charge on any atom is 0.255 e. The second-order valence-electron chi connectivity index (χ2n) is 7.27. The Kier molecular flexibility index (Phi) is 4.85. The van der Waals surface area contributed by atoms with E-state index in [1.54, 1.807) is 24.4 Å². The topological polar surface area (TPSA) is 68.1 Å². The van der Waals surface area contributed by atoms with E-state index in [0.717, 1.165) is 11.5 Å². The first kappa shape index (κ1) is 18.9. The molecule has 1 saturated carbocycles. The predicted molar refractivity (Wildman–Crippen MR) is 105 cm³/mol. The molecule has 3 N–H and O–H groups in total. The molecular weight excluding hydrogens is 386 g/mol. The lowest BCUT2D eigenvalue weighted by Crippen LogP contribution is -2.43. The molecule has 1 aliphatic rings. The summed E-state index contributed by atoms with van der Waals surface area (Å²) in [5.74, 6) is -0.737. The molecule has 0 unspecified atom stereocenters. The fourth-order valence-electron chi connectivity index (χ4n) is 3.85. The van der Waals surface area contributed by atoms with Crippen LogP contribution in [0.25, 0.3) is 10.8 Å². The Morgan fingerprint density at radius 3 is 2.61 bits per heavy atom. The van der Waals surface area contributed by atoms with Gasteiger partial charge < -0.3 is 15.5 Å². The zero-order chi connectivity index (χ0) is 19.9. The second kappa shape index (κ2) is 7.18. The highest BCUT2D eigenvalue weighted by Gasteiger charge is 2.36. The van der Waals surface area contributed by atoms with E-state index in [1.807, 2.05) is 0 Å². The van der Waals surface area contributed by atoms with Crippen molar-refractivity contribution >= 4 is 22.4 Å². The number of pyridine rings is 1. The summed E-state index contributed by atoms with van der Waals surface area (Å²) in [6.45, 7) is 0. The first-order valence-electron chi connectivity index (χ1n) is 9.08. The summed E-state index contributed by atoms with van der Waals surface area (Å²) in [6.07, 6.45) is 3.67. The van der Waals surface area contributed by atoms with Crippen molar-refractivity contribution in [2.45, 2.75) is 37.3 Å². The van der Waals surface area contributed by atoms with Crippen molar-refractivity contribution < 1.29 is 13.5 Å². The minimum Gasteiger partial charge on any atom is -0.489 e. The number of H-pyrrole nitrogens is 1. The van der Waals surface area contributed by atoms with Crippen molar-refractivity contribution in [1.82, 2.24) is 4.98 Å². The molecule has 1 aliphatic carbocycles. The number of nitrogens with one attached hydrogen (secondary N) is 1. The van der Waals surface area contributed by atoms with E-state index in [4.69, 9.17) is 22.1 Å². The monoisotopic (exact) mass is 404 g/mol. The van der Waals surface area contributed by atoms with Gasteiger partial charge >= 0.3 is 0 Å². The van der Waals surface area contributed by atoms with Gasteiger partial charge in [-0.1, -0.05) is 17.7 Å². The highest BCUT2D eigenvalue weighted by Crippen LogP contribution is 2.39. The Morgan fingerprint density at radius 2 is 1.89 bits per heavy atom. The number of halogens is 3. The quantitative estimate of drug-likeness (QED) is 0.668. The molecule has 7 heteroatoms. The smallest absolute Gasteiger partial charge is 0.255 e. The first-order valence-corrected chi connectivity index (χ1v) is 9.45. The van der Waals surface area contributed by atoms with Crippen LogP contribution in [0.2, 0.25) is 5.02 Å². The summed E-state index contributed by atoms with van der Waals surface area (Å²) in [5.41, 5.74) is 5.70. The average Bonchev–Trinajstić information content (AvgIpc) is 2.65. The number of aromatic nitrogens is 1. The van der Waals surface area contributed by atoms with Crippen molar-refractivity contribution in [1.29, 1.82) is 0 Å². The van der Waals surface area contributed by atoms with Crippen molar-refractivity contribution in [3.63, 3.8) is 0 Å². The summed E-state index contributed by atoms with van der Waals surface area (Å²) < 4.78 is 33.4. The molecular formula is C21H19ClF2N2O2. The Morgan fingerprint density at radius 1 is 1.14 bits per heavy atom. The number of rotatable bonds is 3. The van der Waals surface area contributed by atoms with Gasteiger partial charge in [0.2, 0.25) is 0 Å². The Labute approximate surface area is 165 Å². The number of hydrogen-bond donors (Lipinski definition) is 2. The molecule has 1 heterocycles. The largest absolute Gasteiger partial charge is 0.489 e. The zero-order valence-corrected chi connectivity index (χ0v) is 15.7. The third kappa shape index (κ3) is 3.50. The van der Waals surface area contributed by atoms with Gasteiger partial charge in [-0.05, 0) is 55.3 Å². The second-order valence-corrected chi connectivity index (χ2v) is 7.68. The van der Waals surface area contributed by atoms with E-state index in [1.165, 1.54) is 12.1 Å². The van der Waals surface area contributed by atoms with Crippen LogP contribution < -0.4 is 16.0 Å². The third-order valence-electron chi connectivity index (χ3n) is 5.41. The average molecular weight is 405 g/mol. The first-order chi connectivity index (χ1) is 13.4. The van der Waals surface area contributed by atoms with Gasteiger partial charge in [0, 0.05) is 28.8 Å². The molecule has 0 bridgehead atoms. The van der Waals surface area contributed by atoms with Gasteiger partial charge in [-0.2, -0.15) is 0 Å². The fraction of sp³-hybridized carbons (Fsp3) is 0.286. The summed E-state index contributed by atoms with van der Waals surface area (Å²) >= 11 is 6.29. The molecule has 1 aromatic heterocycles. The van der Waals surface area contributed by atoms with Crippen LogP contribution in [0.1, 0.15) is 31.2 Å². The lowest BCUT2D eigenvalue weighted by Gasteiger charge is -2.37. The molecule has 4 nitrogen and oxygen atoms in total. The SMILES string of the molecule is N[C@]1(c2ccc(F)cc2F)CC[C@H](Oc2cc3cc[nH]c(=O)c3cc2Cl)CC1. The number of ether oxygens (including phenoxy) is 1. The minimum absolute atomic E-state index is 0.128. The summed E-state index contributed by atoms with van der Waals surface area (Å²) in [4.78, 5) is 14.5. The molecule has 4 rings (SSSR count). The van der Waals surface area contributed by atoms with Crippen LogP contribution >= 0.6 is 11.6 Å². The van der Waals surface area contributed by atoms with Crippen LogP contribution in [0.15, 0.2) is 47.4 Å². The molecule has 3 aromatic rings. The molecule has 0 atom stereocenters. The standard InChI is InChI=1S/C21H19ClF2N2O2/c22-17-11-15-12(5-8-26-20(15)27)9-19(17)28-14-3-6-21(25,7-4-14)16-2-1-13(23)10-18(16)24/h1-2,5,8-11,14H,3-4,6-7,25H2,(H,26,27)/t14-,21+. The normalized spacial score (nSPS) is 22.4. The highest BCUT2D eigenvalue weighted by molar-refractivity contribution is 6.32. The lowest BCUT2D eigenvalue weighted by atomic mass is 9.76. The predicted octanol–water partition coefficient (Wildman–Crippen LogP) is 4.64. The van der Waals surface area contributed by atoms with Gasteiger partial charge in [0.1, 0.15) is 17.4 Å². The number of aromatic amines is 1. The van der Waals surface area contributed by atoms with E-state index < -0.39 is 17.2 Å². The number of hydrogen-bond acceptors (Lipinski definition) is 3. The van der Waals surface area contributed by atoms with Crippen LogP contribution in [0, 0.1) is 11.6 Å². The lowest BCUT2D eigenvalue weighted by molar-refractivity contribution is 0.116. The van der Waals surface area contributed by atoms with Gasteiger partial charge in [0.15, 0.2) is 0 Å². The molecule has 28 heavy (non-hydrogen) atoms. The molecule has 0 radical (unpaired) electrons. The Hall–Kier alpha value is -2.44. The van der Waals surface area contributed by atoms with Crippen molar-refractivity contribution in [2.75, 3.05) is 0 Å². The van der Waals surface area contributed by atoms with Gasteiger partial charge in [-0.3, -0.25) is 4.79 Å². The molecule has 2 aromatic carbocycles. The number of benzene rings is 2. The molecule has 146 valence electrons. The third-order valence-corrected chi connectivity index (χ3v) is 5.71. The summed E-state index contributed by atoms with van der Waals surface area (Å²) in [6, 6.07) is 8.63. The van der Waals surface area contributed by atoms with Crippen LogP contribution in [-0.2, 0) is 5.54 Å². The molecule has 0 spiro atoms. The van der Waals surface area contributed by atoms with Crippen molar-refractivity contribution in [3.05, 3.63) is 75.2 Å². The van der Waals surface area contributed by atoms with E-state index in [9.17, 15) is 13.6 Å². The number of nitrogens with two attached hydrogens (primary N) is 1. The van der Waals surface area contributed by atoms with E-state index in [-0.39, 0.29) is 11.7 Å². The van der Waals surface area contributed by atoms with Gasteiger partial charge in [-0.15, -0.1) is 0 Å². The zero-order valence-electron chi connectivity index (χ0n) is 15.0.